The van der Waals surface area contributed by atoms with Gasteiger partial charge in [-0.1, -0.05) is 25.3 Å². The lowest BCUT2D eigenvalue weighted by atomic mass is 9.91. The molecule has 3 N–H and O–H groups in total. The summed E-state index contributed by atoms with van der Waals surface area (Å²) in [6.07, 6.45) is 5.16. The van der Waals surface area contributed by atoms with Gasteiger partial charge in [0.1, 0.15) is 11.5 Å². The summed E-state index contributed by atoms with van der Waals surface area (Å²) in [6.45, 7) is 0. The maximum absolute atomic E-state index is 13.6. The Bertz CT molecular complexity index is 519. The van der Waals surface area contributed by atoms with E-state index in [9.17, 15) is 12.8 Å². The van der Waals surface area contributed by atoms with Crippen LogP contribution in [0.15, 0.2) is 18.2 Å². The van der Waals surface area contributed by atoms with Gasteiger partial charge in [-0.2, -0.15) is 0 Å². The first-order chi connectivity index (χ1) is 8.98. The molecule has 6 heteroatoms. The largest absolute Gasteiger partial charge is 0.397 e. The lowest BCUT2D eigenvalue weighted by Crippen LogP contribution is -2.25. The molecule has 0 bridgehead atoms. The van der Waals surface area contributed by atoms with Gasteiger partial charge < -0.3 is 5.73 Å². The first kappa shape index (κ1) is 14.1. The zero-order valence-electron chi connectivity index (χ0n) is 10.7. The fourth-order valence-electron chi connectivity index (χ4n) is 2.51. The van der Waals surface area contributed by atoms with Crippen molar-refractivity contribution in [2.24, 2.45) is 5.92 Å². The van der Waals surface area contributed by atoms with E-state index in [1.165, 1.54) is 24.6 Å². The molecule has 1 saturated carbocycles. The van der Waals surface area contributed by atoms with E-state index in [0.717, 1.165) is 25.7 Å². The molecule has 0 amide bonds. The molecule has 1 aromatic rings. The first-order valence-electron chi connectivity index (χ1n) is 6.52. The average molecular weight is 286 g/mol. The molecule has 0 radical (unpaired) electrons. The van der Waals surface area contributed by atoms with Crippen molar-refractivity contribution in [3.63, 3.8) is 0 Å². The zero-order chi connectivity index (χ0) is 13.9. The highest BCUT2D eigenvalue weighted by molar-refractivity contribution is 7.92. The fraction of sp³-hybridized carbons (Fsp3) is 0.538. The minimum Gasteiger partial charge on any atom is -0.397 e. The molecule has 0 spiro atoms. The van der Waals surface area contributed by atoms with Crippen LogP contribution in [-0.4, -0.2) is 14.2 Å². The van der Waals surface area contributed by atoms with E-state index in [1.54, 1.807) is 0 Å². The van der Waals surface area contributed by atoms with Crippen LogP contribution in [0, 0.1) is 11.7 Å². The monoisotopic (exact) mass is 286 g/mol. The lowest BCUT2D eigenvalue weighted by molar-refractivity contribution is 0.385. The fourth-order valence-corrected chi connectivity index (χ4v) is 4.07. The van der Waals surface area contributed by atoms with Crippen molar-refractivity contribution >= 4 is 21.4 Å². The Morgan fingerprint density at radius 1 is 1.26 bits per heavy atom. The minimum absolute atomic E-state index is 0.0424. The van der Waals surface area contributed by atoms with Crippen LogP contribution in [0.5, 0.6) is 0 Å². The number of sulfonamides is 1. The Labute approximate surface area is 113 Å². The number of nitrogens with two attached hydrogens (primary N) is 1. The first-order valence-corrected chi connectivity index (χ1v) is 8.17. The predicted molar refractivity (Wildman–Crippen MR) is 74.8 cm³/mol. The quantitative estimate of drug-likeness (QED) is 0.836. The van der Waals surface area contributed by atoms with Crippen LogP contribution in [0.4, 0.5) is 15.8 Å². The van der Waals surface area contributed by atoms with Crippen LogP contribution < -0.4 is 10.5 Å². The number of rotatable bonds is 4. The topological polar surface area (TPSA) is 72.2 Å². The molecule has 0 aliphatic heterocycles. The second kappa shape index (κ2) is 5.77. The number of halogens is 1. The van der Waals surface area contributed by atoms with E-state index in [2.05, 4.69) is 4.72 Å². The smallest absolute Gasteiger partial charge is 0.233 e. The third kappa shape index (κ3) is 3.83. The Balaban J connectivity index is 2.08. The van der Waals surface area contributed by atoms with Gasteiger partial charge in [0.05, 0.1) is 11.4 Å². The third-order valence-corrected chi connectivity index (χ3v) is 4.91. The van der Waals surface area contributed by atoms with E-state index in [-0.39, 0.29) is 23.0 Å². The number of nitrogens with one attached hydrogen (secondary N) is 1. The highest BCUT2D eigenvalue weighted by Crippen LogP contribution is 2.27. The summed E-state index contributed by atoms with van der Waals surface area (Å²) in [5.41, 5.74) is 5.56. The number of benzene rings is 1. The van der Waals surface area contributed by atoms with Crippen LogP contribution in [0.1, 0.15) is 32.1 Å². The maximum Gasteiger partial charge on any atom is 0.233 e. The number of nitrogen functional groups attached to an aromatic ring is 1. The van der Waals surface area contributed by atoms with Crippen LogP contribution >= 0.6 is 0 Å². The van der Waals surface area contributed by atoms with Gasteiger partial charge in [0.2, 0.25) is 10.0 Å². The van der Waals surface area contributed by atoms with E-state index < -0.39 is 15.8 Å². The SMILES string of the molecule is Nc1cccc(F)c1NS(=O)(=O)CC1CCCCC1. The normalized spacial score (nSPS) is 17.3. The van der Waals surface area contributed by atoms with Crippen molar-refractivity contribution in [2.45, 2.75) is 32.1 Å². The Morgan fingerprint density at radius 2 is 1.95 bits per heavy atom. The Kier molecular flexibility index (Phi) is 4.29. The summed E-state index contributed by atoms with van der Waals surface area (Å²) in [4.78, 5) is 0. The summed E-state index contributed by atoms with van der Waals surface area (Å²) in [6, 6.07) is 4.11. The summed E-state index contributed by atoms with van der Waals surface area (Å²) in [7, 11) is -3.55. The average Bonchev–Trinajstić information content (AvgIpc) is 2.35. The molecule has 1 aromatic carbocycles. The van der Waals surface area contributed by atoms with Crippen LogP contribution in [-0.2, 0) is 10.0 Å². The van der Waals surface area contributed by atoms with Crippen molar-refractivity contribution in [1.29, 1.82) is 0 Å². The molecule has 1 fully saturated rings. The molecule has 0 unspecified atom stereocenters. The van der Waals surface area contributed by atoms with E-state index in [0.29, 0.717) is 0 Å². The molecule has 1 aliphatic carbocycles. The second-order valence-electron chi connectivity index (χ2n) is 5.09. The molecule has 2 rings (SSSR count). The van der Waals surface area contributed by atoms with Crippen molar-refractivity contribution in [3.8, 4) is 0 Å². The molecule has 19 heavy (non-hydrogen) atoms. The molecule has 106 valence electrons. The highest BCUT2D eigenvalue weighted by Gasteiger charge is 2.22. The molecule has 0 aromatic heterocycles. The van der Waals surface area contributed by atoms with Gasteiger partial charge in [-0.3, -0.25) is 4.72 Å². The second-order valence-corrected chi connectivity index (χ2v) is 6.86. The molecular formula is C13H19FN2O2S. The van der Waals surface area contributed by atoms with E-state index in [4.69, 9.17) is 5.73 Å². The van der Waals surface area contributed by atoms with Crippen LogP contribution in [0.25, 0.3) is 0 Å². The van der Waals surface area contributed by atoms with Crippen LogP contribution in [0.3, 0.4) is 0 Å². The van der Waals surface area contributed by atoms with Gasteiger partial charge >= 0.3 is 0 Å². The van der Waals surface area contributed by atoms with Gasteiger partial charge in [0.15, 0.2) is 0 Å². The zero-order valence-corrected chi connectivity index (χ0v) is 11.5. The number of hydrogen-bond donors (Lipinski definition) is 2. The Morgan fingerprint density at radius 3 is 2.58 bits per heavy atom. The molecule has 0 atom stereocenters. The summed E-state index contributed by atoms with van der Waals surface area (Å²) in [5, 5.41) is 0. The summed E-state index contributed by atoms with van der Waals surface area (Å²) in [5.74, 6) is -0.438. The van der Waals surface area contributed by atoms with E-state index in [1.807, 2.05) is 0 Å². The molecular weight excluding hydrogens is 267 g/mol. The van der Waals surface area contributed by atoms with Crippen molar-refractivity contribution in [1.82, 2.24) is 0 Å². The highest BCUT2D eigenvalue weighted by atomic mass is 32.2. The minimum atomic E-state index is -3.55. The summed E-state index contributed by atoms with van der Waals surface area (Å²) < 4.78 is 39.9. The number of para-hydroxylation sites is 1. The van der Waals surface area contributed by atoms with Gasteiger partial charge in [-0.05, 0) is 30.9 Å². The van der Waals surface area contributed by atoms with Gasteiger partial charge in [0, 0.05) is 0 Å². The molecule has 0 saturated heterocycles. The third-order valence-electron chi connectivity index (χ3n) is 3.48. The molecule has 0 heterocycles. The lowest BCUT2D eigenvalue weighted by Gasteiger charge is -2.21. The standard InChI is InChI=1S/C13H19FN2O2S/c14-11-7-4-8-12(15)13(11)16-19(17,18)9-10-5-2-1-3-6-10/h4,7-8,10,16H,1-3,5-6,9,15H2. The molecule has 4 nitrogen and oxygen atoms in total. The van der Waals surface area contributed by atoms with Gasteiger partial charge in [0.25, 0.3) is 0 Å². The summed E-state index contributed by atoms with van der Waals surface area (Å²) >= 11 is 0. The van der Waals surface area contributed by atoms with Crippen molar-refractivity contribution in [2.75, 3.05) is 16.2 Å². The van der Waals surface area contributed by atoms with Crippen molar-refractivity contribution in [3.05, 3.63) is 24.0 Å². The number of anilines is 2. The predicted octanol–water partition coefficient (Wildman–Crippen LogP) is 2.73. The molecule has 1 aliphatic rings. The number of hydrogen-bond acceptors (Lipinski definition) is 3. The van der Waals surface area contributed by atoms with Crippen molar-refractivity contribution < 1.29 is 12.8 Å². The maximum atomic E-state index is 13.6. The van der Waals surface area contributed by atoms with Gasteiger partial charge in [-0.15, -0.1) is 0 Å². The van der Waals surface area contributed by atoms with Crippen LogP contribution in [0.2, 0.25) is 0 Å². The Hall–Kier alpha value is -1.30. The van der Waals surface area contributed by atoms with Gasteiger partial charge in [-0.25, -0.2) is 12.8 Å². The van der Waals surface area contributed by atoms with E-state index >= 15 is 0 Å².